The first-order valence-corrected chi connectivity index (χ1v) is 8.10. The molecule has 0 aliphatic carbocycles. The van der Waals surface area contributed by atoms with Gasteiger partial charge in [-0.1, -0.05) is 40.0 Å². The van der Waals surface area contributed by atoms with Crippen LogP contribution >= 0.6 is 0 Å². The lowest BCUT2D eigenvalue weighted by atomic mass is 10.1. The Morgan fingerprint density at radius 1 is 0.818 bits per heavy atom. The second kappa shape index (κ2) is 15.8. The molecule has 0 fully saturated rings. The first kappa shape index (κ1) is 22.7. The zero-order valence-corrected chi connectivity index (χ0v) is 14.6. The summed E-state index contributed by atoms with van der Waals surface area (Å²) >= 11 is 0. The highest BCUT2D eigenvalue weighted by atomic mass is 16.4. The number of nitriles is 3. The lowest BCUT2D eigenvalue weighted by molar-refractivity contribution is 0.261. The van der Waals surface area contributed by atoms with Crippen LogP contribution in [0.15, 0.2) is 0 Å². The molecule has 0 saturated carbocycles. The zero-order valence-electron chi connectivity index (χ0n) is 14.6. The molecule has 22 heavy (non-hydrogen) atoms. The Bertz CT molecular complexity index is 326. The molecular weight excluding hydrogens is 275 g/mol. The average molecular weight is 304 g/mol. The summed E-state index contributed by atoms with van der Waals surface area (Å²) in [6.07, 6.45) is 8.09. The van der Waals surface area contributed by atoms with E-state index in [4.69, 9.17) is 15.8 Å². The van der Waals surface area contributed by atoms with Crippen LogP contribution in [0.25, 0.3) is 0 Å². The van der Waals surface area contributed by atoms with Gasteiger partial charge in [0.2, 0.25) is 0 Å². The van der Waals surface area contributed by atoms with Crippen molar-refractivity contribution in [1.29, 1.82) is 15.8 Å². The topological polar surface area (TPSA) is 83.8 Å². The number of nitrogens with zero attached hydrogens (tertiary/aromatic N) is 4. The van der Waals surface area contributed by atoms with Gasteiger partial charge in [-0.2, -0.15) is 15.8 Å². The van der Waals surface area contributed by atoms with E-state index in [1.54, 1.807) is 0 Å². The lowest BCUT2D eigenvalue weighted by Gasteiger charge is -2.21. The minimum absolute atomic E-state index is 1.13. The molecule has 0 bridgehead atoms. The predicted octanol–water partition coefficient (Wildman–Crippen LogP) is 2.55. The maximum atomic E-state index is 8.16. The first-order valence-electron chi connectivity index (χ1n) is 8.10. The monoisotopic (exact) mass is 304 g/mol. The molecule has 0 radical (unpaired) electrons. The molecule has 0 aromatic carbocycles. The van der Waals surface area contributed by atoms with Gasteiger partial charge in [0.1, 0.15) is 18.2 Å². The second-order valence-corrected chi connectivity index (χ2v) is 5.12. The number of unbranched alkanes of at least 4 members (excludes halogenated alkanes) is 3. The van der Waals surface area contributed by atoms with Crippen LogP contribution in [-0.4, -0.2) is 38.2 Å². The summed E-state index contributed by atoms with van der Waals surface area (Å²) in [4.78, 5) is 2.64. The molecule has 5 nitrogen and oxygen atoms in total. The van der Waals surface area contributed by atoms with Gasteiger partial charge in [0.05, 0.1) is 0 Å². The van der Waals surface area contributed by atoms with Gasteiger partial charge in [0, 0.05) is 0 Å². The van der Waals surface area contributed by atoms with E-state index in [1.807, 2.05) is 0 Å². The molecule has 6 heteroatoms. The van der Waals surface area contributed by atoms with E-state index in [0.29, 0.717) is 0 Å². The maximum absolute atomic E-state index is 8.16. The van der Waals surface area contributed by atoms with Crippen molar-refractivity contribution in [3.63, 3.8) is 0 Å². The molecule has 0 aromatic heterocycles. The third-order valence-electron chi connectivity index (χ3n) is 3.26. The van der Waals surface area contributed by atoms with Crippen LogP contribution in [0, 0.1) is 34.0 Å². The van der Waals surface area contributed by atoms with E-state index in [-0.39, 0.29) is 0 Å². The molecule has 0 aromatic rings. The zero-order chi connectivity index (χ0) is 17.3. The van der Waals surface area contributed by atoms with Crippen LogP contribution in [-0.2, 0) is 4.65 Å². The summed E-state index contributed by atoms with van der Waals surface area (Å²) in [6.45, 7) is 10.8. The third-order valence-corrected chi connectivity index (χ3v) is 3.26. The number of hydrogen-bond acceptors (Lipinski definition) is 5. The minimum Gasteiger partial charge on any atom is -0.406 e. The van der Waals surface area contributed by atoms with E-state index in [0.717, 1.165) is 8.05 Å². The van der Waals surface area contributed by atoms with Crippen molar-refractivity contribution in [3.8, 4) is 18.2 Å². The Kier molecular flexibility index (Phi) is 16.4. The molecule has 0 unspecified atom stereocenters. The first-order chi connectivity index (χ1) is 10.6. The summed E-state index contributed by atoms with van der Waals surface area (Å²) in [5.74, 6) is 0. The van der Waals surface area contributed by atoms with Gasteiger partial charge in [-0.15, -0.1) is 0 Å². The van der Waals surface area contributed by atoms with E-state index in [1.165, 1.54) is 76.4 Å². The quantitative estimate of drug-likeness (QED) is 0.579. The minimum atomic E-state index is -1.92. The molecule has 0 N–H and O–H groups in total. The molecule has 0 saturated heterocycles. The normalized spacial score (nSPS) is 10.0. The van der Waals surface area contributed by atoms with Gasteiger partial charge in [-0.25, -0.2) is 0 Å². The molecular formula is C16H29BN4O. The van der Waals surface area contributed by atoms with Crippen LogP contribution < -0.4 is 0 Å². The van der Waals surface area contributed by atoms with Gasteiger partial charge in [0.25, 0.3) is 8.05 Å². The molecule has 122 valence electrons. The second-order valence-electron chi connectivity index (χ2n) is 5.12. The van der Waals surface area contributed by atoms with E-state index in [9.17, 15) is 0 Å². The fourth-order valence-corrected chi connectivity index (χ4v) is 1.69. The maximum Gasteiger partial charge on any atom is 0.315 e. The fraction of sp³-hybridized carbons (Fsp3) is 0.812. The summed E-state index contributed by atoms with van der Waals surface area (Å²) in [6, 6.07) is 4.26. The van der Waals surface area contributed by atoms with Gasteiger partial charge in [0.15, 0.2) is 0 Å². The molecule has 0 spiro atoms. The largest absolute Gasteiger partial charge is 0.406 e. The standard InChI is InChI=1S/C12H27N.C4H2BN3O/c1-4-7-10-13(11-8-5-2)12-9-6-3;5-9-4(1-6,2-7)3-8/h4-12H2,1-3H3;5H2. The molecule has 0 amide bonds. The Morgan fingerprint density at radius 3 is 1.27 bits per heavy atom. The highest BCUT2D eigenvalue weighted by molar-refractivity contribution is 5.99. The third kappa shape index (κ3) is 11.2. The van der Waals surface area contributed by atoms with Crippen LogP contribution in [0.2, 0.25) is 0 Å². The summed E-state index contributed by atoms with van der Waals surface area (Å²) < 4.78 is 4.30. The van der Waals surface area contributed by atoms with Gasteiger partial charge >= 0.3 is 5.60 Å². The Morgan fingerprint density at radius 2 is 1.14 bits per heavy atom. The van der Waals surface area contributed by atoms with Gasteiger partial charge in [-0.3, -0.25) is 0 Å². The molecule has 0 aliphatic heterocycles. The average Bonchev–Trinajstić information content (AvgIpc) is 2.57. The SMILES string of the molecule is BOC(C#N)(C#N)C#N.CCCCN(CCCC)CCCC. The van der Waals surface area contributed by atoms with Crippen molar-refractivity contribution < 1.29 is 4.65 Å². The van der Waals surface area contributed by atoms with Crippen molar-refractivity contribution in [2.45, 2.75) is 64.9 Å². The number of rotatable bonds is 10. The summed E-state index contributed by atoms with van der Waals surface area (Å²) in [5.41, 5.74) is -1.92. The van der Waals surface area contributed by atoms with Crippen molar-refractivity contribution in [1.82, 2.24) is 4.90 Å². The van der Waals surface area contributed by atoms with Gasteiger partial charge in [-0.05, 0) is 38.9 Å². The van der Waals surface area contributed by atoms with Crippen molar-refractivity contribution in [2.75, 3.05) is 19.6 Å². The van der Waals surface area contributed by atoms with E-state index in [2.05, 4.69) is 30.3 Å². The van der Waals surface area contributed by atoms with Crippen LogP contribution in [0.5, 0.6) is 0 Å². The van der Waals surface area contributed by atoms with E-state index < -0.39 is 5.60 Å². The highest BCUT2D eigenvalue weighted by Crippen LogP contribution is 2.03. The summed E-state index contributed by atoms with van der Waals surface area (Å²) in [5, 5.41) is 24.5. The predicted molar refractivity (Wildman–Crippen MR) is 90.4 cm³/mol. The Balaban J connectivity index is 0. The van der Waals surface area contributed by atoms with Crippen LogP contribution in [0.4, 0.5) is 0 Å². The Hall–Kier alpha value is -1.55. The van der Waals surface area contributed by atoms with Gasteiger partial charge < -0.3 is 9.55 Å². The van der Waals surface area contributed by atoms with Crippen molar-refractivity contribution in [2.24, 2.45) is 0 Å². The van der Waals surface area contributed by atoms with Crippen molar-refractivity contribution in [3.05, 3.63) is 0 Å². The Labute approximate surface area is 136 Å². The van der Waals surface area contributed by atoms with E-state index >= 15 is 0 Å². The smallest absolute Gasteiger partial charge is 0.315 e. The molecule has 0 heterocycles. The molecule has 0 rings (SSSR count). The van der Waals surface area contributed by atoms with Crippen molar-refractivity contribution >= 4 is 8.05 Å². The molecule has 0 atom stereocenters. The summed E-state index contributed by atoms with van der Waals surface area (Å²) in [7, 11) is 1.13. The highest BCUT2D eigenvalue weighted by Gasteiger charge is 2.27. The van der Waals surface area contributed by atoms with Crippen LogP contribution in [0.3, 0.4) is 0 Å². The van der Waals surface area contributed by atoms with Crippen LogP contribution in [0.1, 0.15) is 59.3 Å². The lowest BCUT2D eigenvalue weighted by Crippen LogP contribution is -2.27. The fourth-order valence-electron chi connectivity index (χ4n) is 1.69. The number of hydrogen-bond donors (Lipinski definition) is 0. The molecule has 0 aliphatic rings.